The van der Waals surface area contributed by atoms with Gasteiger partial charge in [0.15, 0.2) is 0 Å². The first-order valence-corrected chi connectivity index (χ1v) is 11.1. The molecule has 0 aliphatic carbocycles. The zero-order valence-electron chi connectivity index (χ0n) is 15.0. The molecule has 1 N–H and O–H groups in total. The first kappa shape index (κ1) is 20.8. The highest BCUT2D eigenvalue weighted by molar-refractivity contribution is 7.88. The highest BCUT2D eigenvalue weighted by atomic mass is 32.2. The highest BCUT2D eigenvalue weighted by Crippen LogP contribution is 2.38. The molecule has 2 aromatic rings. The molecule has 3 rings (SSSR count). The van der Waals surface area contributed by atoms with E-state index in [1.54, 1.807) is 4.90 Å². The number of hydrogen-bond acceptors (Lipinski definition) is 6. The van der Waals surface area contributed by atoms with Gasteiger partial charge in [-0.25, -0.2) is 13.1 Å². The van der Waals surface area contributed by atoms with E-state index < -0.39 is 22.0 Å². The minimum Gasteiger partial charge on any atom is -0.351 e. The Morgan fingerprint density at radius 1 is 1.39 bits per heavy atom. The molecular formula is C16H18F3N3O4S2. The van der Waals surface area contributed by atoms with Crippen molar-refractivity contribution in [1.29, 1.82) is 0 Å². The van der Waals surface area contributed by atoms with Crippen LogP contribution in [0.3, 0.4) is 0 Å². The van der Waals surface area contributed by atoms with Crippen molar-refractivity contribution in [3.8, 4) is 10.6 Å². The van der Waals surface area contributed by atoms with Gasteiger partial charge < -0.3 is 9.42 Å². The molecule has 1 aliphatic rings. The number of aromatic nitrogens is 1. The lowest BCUT2D eigenvalue weighted by Crippen LogP contribution is -2.49. The Kier molecular flexibility index (Phi) is 5.56. The van der Waals surface area contributed by atoms with E-state index in [1.165, 1.54) is 19.1 Å². The van der Waals surface area contributed by atoms with Crippen LogP contribution < -0.4 is 4.72 Å². The van der Waals surface area contributed by atoms with Crippen LogP contribution in [-0.4, -0.2) is 49.8 Å². The number of nitrogens with zero attached hydrogens (tertiary/aromatic N) is 2. The molecule has 0 bridgehead atoms. The summed E-state index contributed by atoms with van der Waals surface area (Å²) >= 11 is 1.02. The van der Waals surface area contributed by atoms with Gasteiger partial charge in [-0.1, -0.05) is 5.16 Å². The molecule has 7 nitrogen and oxygen atoms in total. The Balaban J connectivity index is 1.77. The molecule has 1 aliphatic heterocycles. The van der Waals surface area contributed by atoms with Gasteiger partial charge in [0.25, 0.3) is 5.91 Å². The van der Waals surface area contributed by atoms with Crippen LogP contribution in [0, 0.1) is 6.92 Å². The van der Waals surface area contributed by atoms with Crippen molar-refractivity contribution in [3.05, 3.63) is 28.3 Å². The number of likely N-dealkylation sites (tertiary alicyclic amines) is 1. The summed E-state index contributed by atoms with van der Waals surface area (Å²) in [6.45, 7) is 1.98. The van der Waals surface area contributed by atoms with Crippen LogP contribution in [0.2, 0.25) is 0 Å². The third kappa shape index (κ3) is 4.55. The Morgan fingerprint density at radius 2 is 2.11 bits per heavy atom. The fraction of sp³-hybridized carbons (Fsp3) is 0.500. The third-order valence-corrected chi connectivity index (χ3v) is 6.16. The van der Waals surface area contributed by atoms with E-state index in [1.807, 2.05) is 0 Å². The molecule has 1 amide bonds. The van der Waals surface area contributed by atoms with Crippen molar-refractivity contribution < 1.29 is 30.9 Å². The maximum Gasteiger partial charge on any atom is 0.452 e. The molecule has 1 saturated heterocycles. The van der Waals surface area contributed by atoms with Crippen molar-refractivity contribution >= 4 is 27.3 Å². The highest BCUT2D eigenvalue weighted by Gasteiger charge is 2.39. The lowest BCUT2D eigenvalue weighted by Gasteiger charge is -2.32. The molecule has 12 heteroatoms. The van der Waals surface area contributed by atoms with E-state index in [0.717, 1.165) is 17.6 Å². The van der Waals surface area contributed by atoms with Crippen molar-refractivity contribution in [2.45, 2.75) is 32.0 Å². The second kappa shape index (κ2) is 7.48. The maximum atomic E-state index is 12.9. The van der Waals surface area contributed by atoms with Crippen LogP contribution in [0.5, 0.6) is 0 Å². The molecule has 0 aromatic carbocycles. The van der Waals surface area contributed by atoms with Crippen LogP contribution in [0.25, 0.3) is 10.6 Å². The number of sulfonamides is 1. The van der Waals surface area contributed by atoms with Crippen molar-refractivity contribution in [2.75, 3.05) is 19.3 Å². The van der Waals surface area contributed by atoms with Gasteiger partial charge in [0, 0.05) is 24.7 Å². The first-order chi connectivity index (χ1) is 13.0. The van der Waals surface area contributed by atoms with Crippen LogP contribution in [0.1, 0.15) is 33.8 Å². The van der Waals surface area contributed by atoms with Crippen LogP contribution >= 0.6 is 11.3 Å². The number of carbonyl (C=O) groups excluding carboxylic acids is 1. The largest absolute Gasteiger partial charge is 0.452 e. The predicted octanol–water partition coefficient (Wildman–Crippen LogP) is 2.88. The van der Waals surface area contributed by atoms with E-state index >= 15 is 0 Å². The lowest BCUT2D eigenvalue weighted by molar-refractivity contribution is -0.156. The van der Waals surface area contributed by atoms with E-state index in [-0.39, 0.29) is 29.8 Å². The molecule has 1 atom stereocenters. The minimum atomic E-state index is -4.64. The number of alkyl halides is 3. The monoisotopic (exact) mass is 437 g/mol. The summed E-state index contributed by atoms with van der Waals surface area (Å²) in [5.41, 5.74) is -0.0876. The number of hydrogen-bond donors (Lipinski definition) is 1. The van der Waals surface area contributed by atoms with Gasteiger partial charge in [-0.05, 0) is 31.9 Å². The molecule has 2 aromatic heterocycles. The van der Waals surface area contributed by atoms with Gasteiger partial charge in [0.05, 0.1) is 16.0 Å². The number of nitrogens with one attached hydrogen (secondary N) is 1. The zero-order valence-corrected chi connectivity index (χ0v) is 16.7. The number of rotatable bonds is 4. The minimum absolute atomic E-state index is 0.0478. The van der Waals surface area contributed by atoms with Crippen LogP contribution in [0.4, 0.5) is 13.2 Å². The summed E-state index contributed by atoms with van der Waals surface area (Å²) in [5, 5.41) is 3.50. The topological polar surface area (TPSA) is 92.5 Å². The third-order valence-electron chi connectivity index (χ3n) is 4.32. The van der Waals surface area contributed by atoms with Crippen molar-refractivity contribution in [3.63, 3.8) is 0 Å². The number of thiophene rings is 1. The number of piperidine rings is 1. The quantitative estimate of drug-likeness (QED) is 0.794. The average Bonchev–Trinajstić information content (AvgIpc) is 3.18. The van der Waals surface area contributed by atoms with Crippen molar-refractivity contribution in [1.82, 2.24) is 14.8 Å². The van der Waals surface area contributed by atoms with Gasteiger partial charge in [-0.2, -0.15) is 13.2 Å². The fourth-order valence-corrected chi connectivity index (χ4v) is 4.94. The smallest absolute Gasteiger partial charge is 0.351 e. The predicted molar refractivity (Wildman–Crippen MR) is 96.5 cm³/mol. The normalized spacial score (nSPS) is 18.5. The summed E-state index contributed by atoms with van der Waals surface area (Å²) < 4.78 is 68.3. The van der Waals surface area contributed by atoms with Gasteiger partial charge >= 0.3 is 6.18 Å². The number of amides is 1. The second-order valence-corrected chi connectivity index (χ2v) is 9.49. The van der Waals surface area contributed by atoms with Gasteiger partial charge in [-0.3, -0.25) is 4.79 Å². The Bertz CT molecular complexity index is 982. The number of halogens is 3. The summed E-state index contributed by atoms with van der Waals surface area (Å²) in [7, 11) is -3.38. The zero-order chi connectivity index (χ0) is 20.7. The molecule has 0 saturated carbocycles. The standard InChI is InChI=1S/C16H18F3N3O4S2/c1-9-13(20-26-14(9)16(17,18)19)11-5-6-12(27-11)15(23)22-7-3-4-10(8-22)21-28(2,24)25/h5-6,10,21H,3-4,7-8H2,1-2H3/t10-/m0/s1. The molecule has 0 radical (unpaired) electrons. The van der Waals surface area contributed by atoms with Gasteiger partial charge in [0.1, 0.15) is 5.69 Å². The molecule has 0 unspecified atom stereocenters. The fourth-order valence-electron chi connectivity index (χ4n) is 3.13. The van der Waals surface area contributed by atoms with E-state index in [0.29, 0.717) is 29.1 Å². The van der Waals surface area contributed by atoms with Crippen molar-refractivity contribution in [2.24, 2.45) is 0 Å². The molecule has 0 spiro atoms. The van der Waals surface area contributed by atoms with E-state index in [9.17, 15) is 26.4 Å². The van der Waals surface area contributed by atoms with Crippen LogP contribution in [0.15, 0.2) is 16.7 Å². The van der Waals surface area contributed by atoms with Crippen LogP contribution in [-0.2, 0) is 16.2 Å². The molecule has 28 heavy (non-hydrogen) atoms. The van der Waals surface area contributed by atoms with E-state index in [4.69, 9.17) is 0 Å². The molecular weight excluding hydrogens is 419 g/mol. The molecule has 154 valence electrons. The lowest BCUT2D eigenvalue weighted by atomic mass is 10.1. The summed E-state index contributed by atoms with van der Waals surface area (Å²) in [4.78, 5) is 15.0. The number of carbonyl (C=O) groups is 1. The Hall–Kier alpha value is -1.92. The molecule has 3 heterocycles. The van der Waals surface area contributed by atoms with Gasteiger partial charge in [-0.15, -0.1) is 11.3 Å². The Morgan fingerprint density at radius 3 is 2.71 bits per heavy atom. The van der Waals surface area contributed by atoms with Gasteiger partial charge in [0.2, 0.25) is 15.8 Å². The second-order valence-electron chi connectivity index (χ2n) is 6.63. The Labute approximate surface area is 163 Å². The van der Waals surface area contributed by atoms with E-state index in [2.05, 4.69) is 14.4 Å². The molecule has 1 fully saturated rings. The maximum absolute atomic E-state index is 12.9. The summed E-state index contributed by atoms with van der Waals surface area (Å²) in [5.74, 6) is -1.46. The first-order valence-electron chi connectivity index (χ1n) is 8.36. The average molecular weight is 437 g/mol. The summed E-state index contributed by atoms with van der Waals surface area (Å²) in [6, 6.07) is 2.69. The summed E-state index contributed by atoms with van der Waals surface area (Å²) in [6.07, 6.45) is -2.30. The SMILES string of the molecule is Cc1c(-c2ccc(C(=O)N3CCC[C@H](NS(C)(=O)=O)C3)s2)noc1C(F)(F)F.